The van der Waals surface area contributed by atoms with Gasteiger partial charge in [0.25, 0.3) is 0 Å². The van der Waals surface area contributed by atoms with Crippen LogP contribution in [0.25, 0.3) is 0 Å². The summed E-state index contributed by atoms with van der Waals surface area (Å²) >= 11 is 0. The van der Waals surface area contributed by atoms with Gasteiger partial charge < -0.3 is 15.4 Å². The molecule has 0 spiro atoms. The van der Waals surface area contributed by atoms with E-state index >= 15 is 0 Å². The first-order valence-corrected chi connectivity index (χ1v) is 7.30. The average Bonchev–Trinajstić information content (AvgIpc) is 2.53. The maximum atomic E-state index is 5.57. The summed E-state index contributed by atoms with van der Waals surface area (Å²) in [7, 11) is 1.85. The van der Waals surface area contributed by atoms with Crippen LogP contribution in [0.4, 0.5) is 17.3 Å². The fourth-order valence-corrected chi connectivity index (χ4v) is 1.85. The van der Waals surface area contributed by atoms with Crippen molar-refractivity contribution in [3.8, 4) is 5.75 Å². The lowest BCUT2D eigenvalue weighted by Crippen LogP contribution is -2.03. The van der Waals surface area contributed by atoms with E-state index in [-0.39, 0.29) is 0 Å². The van der Waals surface area contributed by atoms with Gasteiger partial charge in [-0.15, -0.1) is 0 Å². The summed E-state index contributed by atoms with van der Waals surface area (Å²) in [4.78, 5) is 8.85. The van der Waals surface area contributed by atoms with Gasteiger partial charge in [-0.1, -0.05) is 13.8 Å². The molecule has 2 N–H and O–H groups in total. The van der Waals surface area contributed by atoms with E-state index in [0.29, 0.717) is 0 Å². The molecular weight excluding hydrogens is 264 g/mol. The summed E-state index contributed by atoms with van der Waals surface area (Å²) < 4.78 is 5.57. The van der Waals surface area contributed by atoms with Gasteiger partial charge in [0.05, 0.1) is 6.61 Å². The molecule has 0 aliphatic heterocycles. The minimum Gasteiger partial charge on any atom is -0.494 e. The Labute approximate surface area is 125 Å². The molecule has 0 aliphatic rings. The van der Waals surface area contributed by atoms with Gasteiger partial charge in [0, 0.05) is 25.2 Å². The maximum absolute atomic E-state index is 5.57. The molecule has 0 aliphatic carbocycles. The van der Waals surface area contributed by atoms with Crippen molar-refractivity contribution in [2.24, 2.45) is 0 Å². The highest BCUT2D eigenvalue weighted by Gasteiger charge is 2.03. The van der Waals surface area contributed by atoms with Crippen LogP contribution < -0.4 is 15.4 Å². The number of rotatable bonds is 7. The van der Waals surface area contributed by atoms with Crippen LogP contribution in [0.1, 0.15) is 26.1 Å². The van der Waals surface area contributed by atoms with Gasteiger partial charge >= 0.3 is 0 Å². The van der Waals surface area contributed by atoms with Crippen molar-refractivity contribution in [2.75, 3.05) is 24.3 Å². The third kappa shape index (κ3) is 4.34. The number of benzene rings is 1. The number of aromatic nitrogens is 2. The van der Waals surface area contributed by atoms with E-state index < -0.39 is 0 Å². The number of ether oxygens (including phenoxy) is 1. The molecule has 0 saturated heterocycles. The van der Waals surface area contributed by atoms with Gasteiger partial charge in [0.15, 0.2) is 0 Å². The summed E-state index contributed by atoms with van der Waals surface area (Å²) in [6.45, 7) is 4.87. The predicted octanol–water partition coefficient (Wildman–Crippen LogP) is 3.61. The summed E-state index contributed by atoms with van der Waals surface area (Å²) in [5, 5.41) is 6.34. The van der Waals surface area contributed by atoms with Gasteiger partial charge in [0.2, 0.25) is 0 Å². The average molecular weight is 286 g/mol. The van der Waals surface area contributed by atoms with Crippen molar-refractivity contribution < 1.29 is 4.74 Å². The van der Waals surface area contributed by atoms with Crippen molar-refractivity contribution >= 4 is 17.3 Å². The fourth-order valence-electron chi connectivity index (χ4n) is 1.85. The lowest BCUT2D eigenvalue weighted by Gasteiger charge is -2.10. The van der Waals surface area contributed by atoms with Crippen LogP contribution in [0.2, 0.25) is 0 Å². The molecule has 2 rings (SSSR count). The first kappa shape index (κ1) is 15.1. The smallest absolute Gasteiger partial charge is 0.136 e. The second-order valence-corrected chi connectivity index (χ2v) is 4.66. The zero-order chi connectivity index (χ0) is 15.1. The van der Waals surface area contributed by atoms with E-state index in [1.807, 2.05) is 44.3 Å². The molecule has 2 aromatic rings. The maximum Gasteiger partial charge on any atom is 0.136 e. The van der Waals surface area contributed by atoms with E-state index in [9.17, 15) is 0 Å². The summed E-state index contributed by atoms with van der Waals surface area (Å²) in [6, 6.07) is 9.77. The lowest BCUT2D eigenvalue weighted by atomic mass is 10.3. The van der Waals surface area contributed by atoms with Crippen molar-refractivity contribution in [1.82, 2.24) is 9.97 Å². The Morgan fingerprint density at radius 1 is 1.05 bits per heavy atom. The number of anilines is 3. The molecule has 0 fully saturated rings. The number of hydrogen-bond acceptors (Lipinski definition) is 5. The highest BCUT2D eigenvalue weighted by molar-refractivity contribution is 5.59. The first-order chi connectivity index (χ1) is 10.2. The van der Waals surface area contributed by atoms with Crippen LogP contribution >= 0.6 is 0 Å². The van der Waals surface area contributed by atoms with Crippen molar-refractivity contribution in [1.29, 1.82) is 0 Å². The van der Waals surface area contributed by atoms with Crippen molar-refractivity contribution in [3.05, 3.63) is 36.2 Å². The number of aryl methyl sites for hydroxylation is 1. The third-order valence-electron chi connectivity index (χ3n) is 2.94. The number of nitrogens with zero attached hydrogens (tertiary/aromatic N) is 2. The highest BCUT2D eigenvalue weighted by atomic mass is 16.5. The Bertz CT molecular complexity index is 547. The summed E-state index contributed by atoms with van der Waals surface area (Å²) in [6.07, 6.45) is 1.81. The van der Waals surface area contributed by atoms with Crippen LogP contribution in [0.5, 0.6) is 5.75 Å². The third-order valence-corrected chi connectivity index (χ3v) is 2.94. The topological polar surface area (TPSA) is 59.1 Å². The number of nitrogens with one attached hydrogen (secondary N) is 2. The lowest BCUT2D eigenvalue weighted by molar-refractivity contribution is 0.317. The second-order valence-electron chi connectivity index (χ2n) is 4.66. The molecule has 21 heavy (non-hydrogen) atoms. The predicted molar refractivity (Wildman–Crippen MR) is 86.5 cm³/mol. The molecule has 5 heteroatoms. The van der Waals surface area contributed by atoms with Gasteiger partial charge in [-0.25, -0.2) is 9.97 Å². The molecule has 0 radical (unpaired) electrons. The van der Waals surface area contributed by atoms with Crippen LogP contribution in [-0.4, -0.2) is 23.6 Å². The first-order valence-electron chi connectivity index (χ1n) is 7.30. The Morgan fingerprint density at radius 3 is 2.38 bits per heavy atom. The zero-order valence-corrected chi connectivity index (χ0v) is 12.8. The minimum atomic E-state index is 0.740. The largest absolute Gasteiger partial charge is 0.494 e. The minimum absolute atomic E-state index is 0.740. The van der Waals surface area contributed by atoms with Gasteiger partial charge in [-0.05, 0) is 30.7 Å². The Hall–Kier alpha value is -2.30. The van der Waals surface area contributed by atoms with Gasteiger partial charge in [0.1, 0.15) is 23.2 Å². The Balaban J connectivity index is 2.10. The van der Waals surface area contributed by atoms with Crippen LogP contribution in [0.15, 0.2) is 30.3 Å². The quantitative estimate of drug-likeness (QED) is 0.814. The molecule has 1 heterocycles. The molecule has 0 saturated carbocycles. The molecular formula is C16H22N4O. The monoisotopic (exact) mass is 286 g/mol. The van der Waals surface area contributed by atoms with E-state index in [1.54, 1.807) is 0 Å². The molecule has 1 aromatic carbocycles. The Morgan fingerprint density at radius 2 is 1.76 bits per heavy atom. The fraction of sp³-hybridized carbons (Fsp3) is 0.375. The van der Waals surface area contributed by atoms with E-state index in [0.717, 1.165) is 48.3 Å². The molecule has 0 atom stereocenters. The Kier molecular flexibility index (Phi) is 5.37. The molecule has 0 bridgehead atoms. The van der Waals surface area contributed by atoms with Gasteiger partial charge in [-0.3, -0.25) is 0 Å². The highest BCUT2D eigenvalue weighted by Crippen LogP contribution is 2.20. The van der Waals surface area contributed by atoms with Crippen LogP contribution in [0, 0.1) is 0 Å². The van der Waals surface area contributed by atoms with Crippen molar-refractivity contribution in [2.45, 2.75) is 26.7 Å². The number of hydrogen-bond donors (Lipinski definition) is 2. The molecule has 0 unspecified atom stereocenters. The van der Waals surface area contributed by atoms with E-state index in [1.165, 1.54) is 0 Å². The van der Waals surface area contributed by atoms with E-state index in [4.69, 9.17) is 4.74 Å². The SMILES string of the molecule is CCCOc1ccc(Nc2cc(NC)nc(CC)n2)cc1. The van der Waals surface area contributed by atoms with Gasteiger partial charge in [-0.2, -0.15) is 0 Å². The standard InChI is InChI=1S/C16H22N4O/c1-4-10-21-13-8-6-12(7-9-13)18-16-11-15(17-3)19-14(5-2)20-16/h6-9,11H,4-5,10H2,1-3H3,(H2,17,18,19,20). The molecule has 5 nitrogen and oxygen atoms in total. The second kappa shape index (κ2) is 7.47. The van der Waals surface area contributed by atoms with Crippen LogP contribution in [-0.2, 0) is 6.42 Å². The zero-order valence-electron chi connectivity index (χ0n) is 12.8. The van der Waals surface area contributed by atoms with Crippen LogP contribution in [0.3, 0.4) is 0 Å². The summed E-state index contributed by atoms with van der Waals surface area (Å²) in [5.41, 5.74) is 0.974. The molecule has 0 amide bonds. The van der Waals surface area contributed by atoms with Crippen molar-refractivity contribution in [3.63, 3.8) is 0 Å². The molecule has 112 valence electrons. The van der Waals surface area contributed by atoms with E-state index in [2.05, 4.69) is 27.5 Å². The normalized spacial score (nSPS) is 10.2. The summed E-state index contributed by atoms with van der Waals surface area (Å²) in [5.74, 6) is 3.29. The molecule has 1 aromatic heterocycles.